The van der Waals surface area contributed by atoms with E-state index in [1.807, 2.05) is 6.21 Å². The van der Waals surface area contributed by atoms with E-state index in [9.17, 15) is 0 Å². The normalized spacial score (nSPS) is 23.2. The van der Waals surface area contributed by atoms with E-state index in [4.69, 9.17) is 0 Å². The van der Waals surface area contributed by atoms with E-state index >= 15 is 0 Å². The van der Waals surface area contributed by atoms with Crippen molar-refractivity contribution in [1.29, 1.82) is 0 Å². The zero-order valence-corrected chi connectivity index (χ0v) is 9.48. The van der Waals surface area contributed by atoms with E-state index in [1.165, 1.54) is 34.0 Å². The van der Waals surface area contributed by atoms with E-state index in [0.29, 0.717) is 0 Å². The lowest BCUT2D eigenvalue weighted by Crippen LogP contribution is -2.18. The molecular formula is C15H12N2. The number of hydrogen-bond donors (Lipinski definition) is 0. The third-order valence-electron chi connectivity index (χ3n) is 3.63. The first-order chi connectivity index (χ1) is 8.43. The molecule has 4 rings (SSSR count). The molecule has 2 aliphatic heterocycles. The quantitative estimate of drug-likeness (QED) is 0.636. The maximum Gasteiger partial charge on any atom is 0.0715 e. The van der Waals surface area contributed by atoms with Crippen molar-refractivity contribution in [2.45, 2.75) is 12.8 Å². The number of aliphatic imine (C=N–C) groups is 1. The molecule has 0 unspecified atom stereocenters. The molecule has 0 fully saturated rings. The first-order valence-corrected chi connectivity index (χ1v) is 6.04. The summed E-state index contributed by atoms with van der Waals surface area (Å²) in [7, 11) is 0. The molecule has 0 radical (unpaired) electrons. The monoisotopic (exact) mass is 220 g/mol. The summed E-state index contributed by atoms with van der Waals surface area (Å²) in [5.41, 5.74) is 5.46. The minimum absolute atomic E-state index is 0.767. The lowest BCUT2D eigenvalue weighted by Gasteiger charge is -2.17. The van der Waals surface area contributed by atoms with Crippen LogP contribution in [-0.4, -0.2) is 12.8 Å². The number of fused-ring (bicyclic) bond motifs is 4. The lowest BCUT2D eigenvalue weighted by atomic mass is 9.87. The van der Waals surface area contributed by atoms with Gasteiger partial charge in [-0.3, -0.25) is 9.98 Å². The minimum atomic E-state index is 0.767. The van der Waals surface area contributed by atoms with Crippen molar-refractivity contribution in [3.8, 4) is 0 Å². The molecule has 2 heteroatoms. The molecule has 82 valence electrons. The molecule has 0 saturated carbocycles. The molecule has 0 saturated heterocycles. The van der Waals surface area contributed by atoms with Crippen molar-refractivity contribution in [2.75, 3.05) is 6.54 Å². The highest BCUT2D eigenvalue weighted by Crippen LogP contribution is 2.39. The van der Waals surface area contributed by atoms with Crippen molar-refractivity contribution in [1.82, 2.24) is 0 Å². The predicted molar refractivity (Wildman–Crippen MR) is 70.2 cm³/mol. The average molecular weight is 220 g/mol. The van der Waals surface area contributed by atoms with E-state index in [-0.39, 0.29) is 0 Å². The maximum absolute atomic E-state index is 4.68. The lowest BCUT2D eigenvalue weighted by molar-refractivity contribution is 0.896. The van der Waals surface area contributed by atoms with Crippen LogP contribution in [-0.2, 0) is 0 Å². The van der Waals surface area contributed by atoms with Gasteiger partial charge in [-0.25, -0.2) is 0 Å². The molecule has 2 nitrogen and oxygen atoms in total. The van der Waals surface area contributed by atoms with Crippen molar-refractivity contribution < 1.29 is 0 Å². The van der Waals surface area contributed by atoms with Crippen LogP contribution in [0.3, 0.4) is 0 Å². The van der Waals surface area contributed by atoms with Crippen molar-refractivity contribution >= 4 is 23.9 Å². The molecule has 1 aliphatic carbocycles. The smallest absolute Gasteiger partial charge is 0.0715 e. The van der Waals surface area contributed by atoms with Crippen LogP contribution in [0.4, 0.5) is 0 Å². The summed E-state index contributed by atoms with van der Waals surface area (Å²) in [5, 5.41) is 2.40. The molecule has 0 amide bonds. The molecule has 3 aliphatic rings. The van der Waals surface area contributed by atoms with Crippen molar-refractivity contribution in [2.24, 2.45) is 9.98 Å². The summed E-state index contributed by atoms with van der Waals surface area (Å²) in [5.74, 6) is 0. The topological polar surface area (TPSA) is 24.7 Å². The van der Waals surface area contributed by atoms with Gasteiger partial charge in [-0.2, -0.15) is 0 Å². The molecule has 1 aromatic rings. The number of benzene rings is 1. The zero-order chi connectivity index (χ0) is 11.2. The van der Waals surface area contributed by atoms with Gasteiger partial charge in [0.2, 0.25) is 0 Å². The summed E-state index contributed by atoms with van der Waals surface area (Å²) >= 11 is 0. The van der Waals surface area contributed by atoms with E-state index in [2.05, 4.69) is 40.3 Å². The molecule has 0 spiro atoms. The van der Waals surface area contributed by atoms with Crippen LogP contribution in [0.1, 0.15) is 24.0 Å². The Morgan fingerprint density at radius 2 is 2.12 bits per heavy atom. The van der Waals surface area contributed by atoms with Gasteiger partial charge in [-0.05, 0) is 41.3 Å². The zero-order valence-electron chi connectivity index (χ0n) is 9.48. The van der Waals surface area contributed by atoms with E-state index < -0.39 is 0 Å². The fraction of sp³-hybridized carbons (Fsp3) is 0.200. The molecule has 0 bridgehead atoms. The number of rotatable bonds is 0. The summed E-state index contributed by atoms with van der Waals surface area (Å²) in [6, 6.07) is 4.28. The second-order valence-electron chi connectivity index (χ2n) is 4.58. The average Bonchev–Trinajstić information content (AvgIpc) is 2.51. The Morgan fingerprint density at radius 1 is 1.12 bits per heavy atom. The Morgan fingerprint density at radius 3 is 3.00 bits per heavy atom. The van der Waals surface area contributed by atoms with Gasteiger partial charge in [0.15, 0.2) is 0 Å². The van der Waals surface area contributed by atoms with E-state index in [1.54, 1.807) is 0 Å². The van der Waals surface area contributed by atoms with Crippen LogP contribution < -0.4 is 10.6 Å². The Bertz CT molecular complexity index is 718. The summed E-state index contributed by atoms with van der Waals surface area (Å²) in [6.07, 6.45) is 10.6. The summed E-state index contributed by atoms with van der Waals surface area (Å²) < 4.78 is 0. The number of hydrogen-bond acceptors (Lipinski definition) is 2. The van der Waals surface area contributed by atoms with Crippen molar-refractivity contribution in [3.05, 3.63) is 45.6 Å². The fourth-order valence-corrected chi connectivity index (χ4v) is 2.68. The Labute approximate surface area is 99.4 Å². The highest BCUT2D eigenvalue weighted by Gasteiger charge is 2.26. The SMILES string of the molecule is C1=NC/C=C\c2c3c(cc/c2=C/1)=NC1=C3CC1. The van der Waals surface area contributed by atoms with Crippen LogP contribution in [0.15, 0.2) is 33.9 Å². The summed E-state index contributed by atoms with van der Waals surface area (Å²) in [6.45, 7) is 0.767. The highest BCUT2D eigenvalue weighted by atomic mass is 14.8. The predicted octanol–water partition coefficient (Wildman–Crippen LogP) is 1.70. The molecule has 17 heavy (non-hydrogen) atoms. The highest BCUT2D eigenvalue weighted by molar-refractivity contribution is 5.93. The van der Waals surface area contributed by atoms with Gasteiger partial charge in [0.05, 0.1) is 11.9 Å². The van der Waals surface area contributed by atoms with Gasteiger partial charge < -0.3 is 0 Å². The largest absolute Gasteiger partial charge is 0.289 e. The van der Waals surface area contributed by atoms with Crippen LogP contribution in [0, 0.1) is 0 Å². The molecular weight excluding hydrogens is 208 g/mol. The first-order valence-electron chi connectivity index (χ1n) is 6.04. The van der Waals surface area contributed by atoms with Crippen LogP contribution in [0.5, 0.6) is 0 Å². The second kappa shape index (κ2) is 3.27. The van der Waals surface area contributed by atoms with Crippen LogP contribution in [0.25, 0.3) is 17.7 Å². The first kappa shape index (κ1) is 9.11. The van der Waals surface area contributed by atoms with Gasteiger partial charge in [0.25, 0.3) is 0 Å². The Balaban J connectivity index is 2.11. The van der Waals surface area contributed by atoms with Crippen LogP contribution in [0.2, 0.25) is 0 Å². The van der Waals surface area contributed by atoms with Gasteiger partial charge in [0, 0.05) is 17.5 Å². The molecule has 2 heterocycles. The van der Waals surface area contributed by atoms with Gasteiger partial charge in [-0.1, -0.05) is 18.2 Å². The Hall–Kier alpha value is -1.96. The fourth-order valence-electron chi connectivity index (χ4n) is 2.68. The number of allylic oxidation sites excluding steroid dienone is 2. The molecule has 0 atom stereocenters. The number of nitrogens with zero attached hydrogens (tertiary/aromatic N) is 2. The maximum atomic E-state index is 4.68. The third kappa shape index (κ3) is 1.21. The van der Waals surface area contributed by atoms with Gasteiger partial charge in [-0.15, -0.1) is 0 Å². The molecule has 0 N–H and O–H groups in total. The third-order valence-corrected chi connectivity index (χ3v) is 3.63. The Kier molecular flexibility index (Phi) is 1.75. The standard InChI is InChI=1S/C15H12N2/c1-2-11-10(7-9-16-8-1)3-5-14-15(11)12-4-6-13(12)17-14/h1-3,5,7,9H,4,6,8H2/b2-1-,10-7-,16-9?. The van der Waals surface area contributed by atoms with E-state index in [0.717, 1.165) is 18.3 Å². The minimum Gasteiger partial charge on any atom is -0.289 e. The van der Waals surface area contributed by atoms with Gasteiger partial charge >= 0.3 is 0 Å². The summed E-state index contributed by atoms with van der Waals surface area (Å²) in [4.78, 5) is 8.95. The van der Waals surface area contributed by atoms with Gasteiger partial charge in [0.1, 0.15) is 0 Å². The second-order valence-corrected chi connectivity index (χ2v) is 4.58. The van der Waals surface area contributed by atoms with Crippen molar-refractivity contribution in [3.63, 3.8) is 0 Å². The molecule has 0 aromatic heterocycles. The molecule has 1 aromatic carbocycles. The van der Waals surface area contributed by atoms with Crippen LogP contribution >= 0.6 is 0 Å².